The van der Waals surface area contributed by atoms with Crippen molar-refractivity contribution in [3.8, 4) is 0 Å². The van der Waals surface area contributed by atoms with Crippen LogP contribution in [0.2, 0.25) is 0 Å². The van der Waals surface area contributed by atoms with E-state index in [2.05, 4.69) is 4.98 Å². The van der Waals surface area contributed by atoms with E-state index in [-0.39, 0.29) is 23.4 Å². The van der Waals surface area contributed by atoms with Crippen molar-refractivity contribution in [2.75, 3.05) is 6.54 Å². The summed E-state index contributed by atoms with van der Waals surface area (Å²) in [6.07, 6.45) is 5.53. The summed E-state index contributed by atoms with van der Waals surface area (Å²) < 4.78 is 16.0. The zero-order chi connectivity index (χ0) is 24.4. The summed E-state index contributed by atoms with van der Waals surface area (Å²) in [7, 11) is 0. The molecule has 1 aliphatic rings. The molecule has 1 saturated heterocycles. The standard InChI is InChI=1S/C24H21FN4O5/c1-15-3-4-17(13-19(15)25)22(30)20-21(16-5-7-18(8-6-16)29(33)34)28(24(32)23(20)31)11-2-10-27-12-9-26-14-27/h3-9,12-14,21,30H,2,10-11H2,1H3/b22-20+. The molecule has 1 unspecified atom stereocenters. The fourth-order valence-corrected chi connectivity index (χ4v) is 3.97. The summed E-state index contributed by atoms with van der Waals surface area (Å²) >= 11 is 0. The smallest absolute Gasteiger partial charge is 0.295 e. The predicted molar refractivity (Wildman–Crippen MR) is 120 cm³/mol. The summed E-state index contributed by atoms with van der Waals surface area (Å²) in [4.78, 5) is 41.8. The fraction of sp³-hybridized carbons (Fsp3) is 0.208. The molecule has 4 rings (SSSR count). The van der Waals surface area contributed by atoms with Gasteiger partial charge in [0.05, 0.1) is 22.9 Å². The van der Waals surface area contributed by atoms with E-state index in [1.807, 2.05) is 4.57 Å². The highest BCUT2D eigenvalue weighted by molar-refractivity contribution is 6.46. The maximum Gasteiger partial charge on any atom is 0.295 e. The molecule has 1 amide bonds. The lowest BCUT2D eigenvalue weighted by Gasteiger charge is -2.25. The Morgan fingerprint density at radius 2 is 1.91 bits per heavy atom. The molecule has 10 heteroatoms. The highest BCUT2D eigenvalue weighted by Gasteiger charge is 2.45. The molecule has 0 radical (unpaired) electrons. The molecule has 1 aromatic heterocycles. The van der Waals surface area contributed by atoms with Gasteiger partial charge in [-0.25, -0.2) is 9.37 Å². The van der Waals surface area contributed by atoms with E-state index < -0.39 is 34.2 Å². The normalized spacial score (nSPS) is 17.4. The molecule has 0 aliphatic carbocycles. The van der Waals surface area contributed by atoms with Crippen LogP contribution in [-0.4, -0.2) is 42.7 Å². The van der Waals surface area contributed by atoms with Crippen molar-refractivity contribution in [1.82, 2.24) is 14.5 Å². The molecule has 1 atom stereocenters. The van der Waals surface area contributed by atoms with E-state index in [4.69, 9.17) is 0 Å². The average Bonchev–Trinajstić information content (AvgIpc) is 3.43. The summed E-state index contributed by atoms with van der Waals surface area (Å²) in [5.74, 6) is -2.77. The van der Waals surface area contributed by atoms with Gasteiger partial charge in [-0.2, -0.15) is 0 Å². The van der Waals surface area contributed by atoms with Crippen LogP contribution in [0.15, 0.2) is 66.8 Å². The number of non-ortho nitro benzene ring substituents is 1. The van der Waals surface area contributed by atoms with Gasteiger partial charge < -0.3 is 14.6 Å². The molecule has 34 heavy (non-hydrogen) atoms. The van der Waals surface area contributed by atoms with Crippen molar-refractivity contribution < 1.29 is 24.0 Å². The number of carbonyl (C=O) groups is 2. The summed E-state index contributed by atoms with van der Waals surface area (Å²) in [5.41, 5.74) is 0.502. The zero-order valence-electron chi connectivity index (χ0n) is 18.2. The van der Waals surface area contributed by atoms with E-state index in [1.165, 1.54) is 41.3 Å². The molecule has 2 aromatic carbocycles. The van der Waals surface area contributed by atoms with Crippen molar-refractivity contribution in [2.24, 2.45) is 0 Å². The number of rotatable bonds is 7. The monoisotopic (exact) mass is 464 g/mol. The molecule has 3 aromatic rings. The van der Waals surface area contributed by atoms with Crippen LogP contribution in [0, 0.1) is 22.9 Å². The van der Waals surface area contributed by atoms with Gasteiger partial charge in [0.2, 0.25) is 0 Å². The van der Waals surface area contributed by atoms with Crippen molar-refractivity contribution >= 4 is 23.1 Å². The number of halogens is 1. The number of ketones is 1. The number of nitro groups is 1. The van der Waals surface area contributed by atoms with Crippen LogP contribution < -0.4 is 0 Å². The Labute approximate surface area is 193 Å². The van der Waals surface area contributed by atoms with E-state index in [1.54, 1.807) is 25.6 Å². The Balaban J connectivity index is 1.76. The SMILES string of the molecule is Cc1ccc(/C(O)=C2\C(=O)C(=O)N(CCCn3ccnc3)C2c2ccc([N+](=O)[O-])cc2)cc1F. The molecular formula is C24H21FN4O5. The first-order valence-electron chi connectivity index (χ1n) is 10.5. The van der Waals surface area contributed by atoms with Crippen LogP contribution in [0.3, 0.4) is 0 Å². The van der Waals surface area contributed by atoms with Crippen LogP contribution in [0.4, 0.5) is 10.1 Å². The number of aliphatic hydroxyl groups excluding tert-OH is 1. The molecule has 0 saturated carbocycles. The van der Waals surface area contributed by atoms with Crippen LogP contribution in [-0.2, 0) is 16.1 Å². The van der Waals surface area contributed by atoms with Gasteiger partial charge in [-0.15, -0.1) is 0 Å². The lowest BCUT2D eigenvalue weighted by Crippen LogP contribution is -2.31. The molecule has 2 heterocycles. The molecule has 1 aliphatic heterocycles. The Morgan fingerprint density at radius 3 is 2.53 bits per heavy atom. The third kappa shape index (κ3) is 4.29. The van der Waals surface area contributed by atoms with Gasteiger partial charge in [0, 0.05) is 43.2 Å². The third-order valence-electron chi connectivity index (χ3n) is 5.78. The van der Waals surface area contributed by atoms with Crippen molar-refractivity contribution in [3.63, 3.8) is 0 Å². The van der Waals surface area contributed by atoms with Gasteiger partial charge in [0.25, 0.3) is 17.4 Å². The topological polar surface area (TPSA) is 119 Å². The number of Topliss-reactive ketones (excluding diaryl/α,β-unsaturated/α-hetero) is 1. The molecular weight excluding hydrogens is 443 g/mol. The second-order valence-electron chi connectivity index (χ2n) is 7.96. The lowest BCUT2D eigenvalue weighted by atomic mass is 9.94. The number of imidazole rings is 1. The highest BCUT2D eigenvalue weighted by atomic mass is 19.1. The average molecular weight is 464 g/mol. The number of aliphatic hydroxyl groups is 1. The Hall–Kier alpha value is -4.34. The van der Waals surface area contributed by atoms with E-state index in [9.17, 15) is 29.2 Å². The molecule has 174 valence electrons. The number of likely N-dealkylation sites (tertiary alicyclic amines) is 1. The maximum atomic E-state index is 14.2. The number of hydrogen-bond donors (Lipinski definition) is 1. The minimum Gasteiger partial charge on any atom is -0.507 e. The van der Waals surface area contributed by atoms with Crippen LogP contribution in [0.1, 0.15) is 29.2 Å². The number of nitrogens with zero attached hydrogens (tertiary/aromatic N) is 4. The fourth-order valence-electron chi connectivity index (χ4n) is 3.97. The number of carbonyl (C=O) groups excluding carboxylic acids is 2. The van der Waals surface area contributed by atoms with Gasteiger partial charge in [0.15, 0.2) is 0 Å². The van der Waals surface area contributed by atoms with Gasteiger partial charge in [0.1, 0.15) is 11.6 Å². The number of aromatic nitrogens is 2. The van der Waals surface area contributed by atoms with Crippen LogP contribution in [0.5, 0.6) is 0 Å². The summed E-state index contributed by atoms with van der Waals surface area (Å²) in [5, 5.41) is 22.1. The van der Waals surface area contributed by atoms with Gasteiger partial charge >= 0.3 is 0 Å². The minimum absolute atomic E-state index is 0.0615. The van der Waals surface area contributed by atoms with Gasteiger partial charge in [-0.05, 0) is 42.7 Å². The number of aryl methyl sites for hydroxylation is 2. The van der Waals surface area contributed by atoms with E-state index in [0.29, 0.717) is 24.1 Å². The molecule has 0 spiro atoms. The van der Waals surface area contributed by atoms with Crippen molar-refractivity contribution in [2.45, 2.75) is 25.9 Å². The quantitative estimate of drug-likeness (QED) is 0.187. The molecule has 1 fully saturated rings. The largest absolute Gasteiger partial charge is 0.507 e. The molecule has 0 bridgehead atoms. The highest BCUT2D eigenvalue weighted by Crippen LogP contribution is 2.40. The van der Waals surface area contributed by atoms with E-state index >= 15 is 0 Å². The number of benzene rings is 2. The number of amides is 1. The summed E-state index contributed by atoms with van der Waals surface area (Å²) in [6.45, 7) is 2.29. The maximum absolute atomic E-state index is 14.2. The number of nitro benzene ring substituents is 1. The molecule has 1 N–H and O–H groups in total. The third-order valence-corrected chi connectivity index (χ3v) is 5.78. The predicted octanol–water partition coefficient (Wildman–Crippen LogP) is 3.75. The van der Waals surface area contributed by atoms with Crippen molar-refractivity contribution in [1.29, 1.82) is 0 Å². The van der Waals surface area contributed by atoms with E-state index in [0.717, 1.165) is 6.07 Å². The Bertz CT molecular complexity index is 1290. The first-order valence-corrected chi connectivity index (χ1v) is 10.5. The summed E-state index contributed by atoms with van der Waals surface area (Å²) in [6, 6.07) is 8.48. The lowest BCUT2D eigenvalue weighted by molar-refractivity contribution is -0.384. The van der Waals surface area contributed by atoms with Crippen molar-refractivity contribution in [3.05, 3.63) is 99.4 Å². The second kappa shape index (κ2) is 9.26. The van der Waals surface area contributed by atoms with Gasteiger partial charge in [-0.1, -0.05) is 12.1 Å². The first-order chi connectivity index (χ1) is 16.3. The minimum atomic E-state index is -0.979. The zero-order valence-corrected chi connectivity index (χ0v) is 18.2. The van der Waals surface area contributed by atoms with Gasteiger partial charge in [-0.3, -0.25) is 19.7 Å². The Kier molecular flexibility index (Phi) is 6.22. The number of hydrogen-bond acceptors (Lipinski definition) is 6. The first kappa shape index (κ1) is 22.8. The van der Waals surface area contributed by atoms with Crippen LogP contribution >= 0.6 is 0 Å². The molecule has 9 nitrogen and oxygen atoms in total. The second-order valence-corrected chi connectivity index (χ2v) is 7.96. The van der Waals surface area contributed by atoms with Crippen LogP contribution in [0.25, 0.3) is 5.76 Å². The Morgan fingerprint density at radius 1 is 1.18 bits per heavy atom.